The second-order valence-corrected chi connectivity index (χ2v) is 8.47. The molecule has 0 fully saturated rings. The first-order valence-corrected chi connectivity index (χ1v) is 9.78. The normalized spacial score (nSPS) is 20.7. The molecular formula is C21H21NO3S. The molecule has 0 unspecified atom stereocenters. The maximum Gasteiger partial charge on any atom is 0.267 e. The van der Waals surface area contributed by atoms with E-state index < -0.39 is 21.5 Å². The van der Waals surface area contributed by atoms with Crippen LogP contribution in [0.4, 0.5) is 0 Å². The Labute approximate surface area is 154 Å². The minimum atomic E-state index is -3.97. The Balaban J connectivity index is 2.05. The lowest BCUT2D eigenvalue weighted by molar-refractivity contribution is -0.123. The van der Waals surface area contributed by atoms with Crippen LogP contribution in [-0.4, -0.2) is 24.2 Å². The summed E-state index contributed by atoms with van der Waals surface area (Å²) >= 11 is 0. The molecule has 0 spiro atoms. The van der Waals surface area contributed by atoms with E-state index in [1.807, 2.05) is 43.3 Å². The quantitative estimate of drug-likeness (QED) is 0.822. The van der Waals surface area contributed by atoms with Crippen molar-refractivity contribution in [1.29, 1.82) is 0 Å². The Hall–Kier alpha value is -2.66. The molecule has 3 rings (SSSR count). The Morgan fingerprint density at radius 1 is 0.962 bits per heavy atom. The van der Waals surface area contributed by atoms with Crippen molar-refractivity contribution in [2.24, 2.45) is 0 Å². The molecule has 134 valence electrons. The molecule has 0 saturated heterocycles. The highest BCUT2D eigenvalue weighted by atomic mass is 32.2. The first-order valence-electron chi connectivity index (χ1n) is 8.34. The number of hydrogen-bond acceptors (Lipinski definition) is 3. The third kappa shape index (κ3) is 3.22. The van der Waals surface area contributed by atoms with Crippen LogP contribution >= 0.6 is 0 Å². The van der Waals surface area contributed by atoms with Crippen molar-refractivity contribution in [3.05, 3.63) is 83.4 Å². The molecule has 1 atom stereocenters. The van der Waals surface area contributed by atoms with Crippen molar-refractivity contribution in [1.82, 2.24) is 4.31 Å². The monoisotopic (exact) mass is 367 g/mol. The van der Waals surface area contributed by atoms with E-state index in [4.69, 9.17) is 0 Å². The molecule has 26 heavy (non-hydrogen) atoms. The lowest BCUT2D eigenvalue weighted by atomic mass is 10.0. The summed E-state index contributed by atoms with van der Waals surface area (Å²) in [4.78, 5) is 12.8. The number of hydrogen-bond donors (Lipinski definition) is 0. The highest BCUT2D eigenvalue weighted by molar-refractivity contribution is 7.89. The summed E-state index contributed by atoms with van der Waals surface area (Å²) in [6, 6.07) is 16.1. The van der Waals surface area contributed by atoms with Gasteiger partial charge in [-0.1, -0.05) is 60.2 Å². The topological polar surface area (TPSA) is 54.5 Å². The number of sulfonamides is 1. The largest absolute Gasteiger partial charge is 0.268 e. The van der Waals surface area contributed by atoms with Gasteiger partial charge in [0.25, 0.3) is 15.9 Å². The van der Waals surface area contributed by atoms with E-state index in [0.29, 0.717) is 5.57 Å². The lowest BCUT2D eigenvalue weighted by Crippen LogP contribution is -2.46. The first kappa shape index (κ1) is 18.1. The van der Waals surface area contributed by atoms with E-state index in [-0.39, 0.29) is 4.90 Å². The second-order valence-electron chi connectivity index (χ2n) is 6.68. The van der Waals surface area contributed by atoms with Gasteiger partial charge in [-0.2, -0.15) is 0 Å². The van der Waals surface area contributed by atoms with Gasteiger partial charge >= 0.3 is 0 Å². The molecule has 2 aromatic carbocycles. The van der Waals surface area contributed by atoms with Crippen molar-refractivity contribution in [3.8, 4) is 0 Å². The van der Waals surface area contributed by atoms with Crippen molar-refractivity contribution in [3.63, 3.8) is 0 Å². The van der Waals surface area contributed by atoms with Crippen LogP contribution in [0, 0.1) is 6.92 Å². The van der Waals surface area contributed by atoms with Gasteiger partial charge in [0.05, 0.1) is 10.4 Å². The van der Waals surface area contributed by atoms with E-state index >= 15 is 0 Å². The fraction of sp³-hybridized carbons (Fsp3) is 0.190. The van der Waals surface area contributed by atoms with Gasteiger partial charge < -0.3 is 0 Å². The van der Waals surface area contributed by atoms with Gasteiger partial charge in [-0.3, -0.25) is 4.79 Å². The van der Waals surface area contributed by atoms with E-state index in [2.05, 4.69) is 0 Å². The van der Waals surface area contributed by atoms with Gasteiger partial charge in [-0.25, -0.2) is 12.7 Å². The van der Waals surface area contributed by atoms with Crippen LogP contribution < -0.4 is 0 Å². The minimum absolute atomic E-state index is 0.110. The Bertz CT molecular complexity index is 989. The Kier molecular flexibility index (Phi) is 4.59. The van der Waals surface area contributed by atoms with Crippen molar-refractivity contribution in [2.45, 2.75) is 31.2 Å². The SMILES string of the molecule is CC1=C[C@](C)(/C=C/c2ccccc2)N(S(=O)(=O)c2ccc(C)cc2)C1=O. The zero-order valence-electron chi connectivity index (χ0n) is 15.0. The summed E-state index contributed by atoms with van der Waals surface area (Å²) in [5, 5.41) is 0. The molecule has 5 heteroatoms. The molecule has 1 aliphatic rings. The summed E-state index contributed by atoms with van der Waals surface area (Å²) in [7, 11) is -3.97. The van der Waals surface area contributed by atoms with Crippen LogP contribution in [0.25, 0.3) is 6.08 Å². The summed E-state index contributed by atoms with van der Waals surface area (Å²) in [5.41, 5.74) is 1.26. The fourth-order valence-electron chi connectivity index (χ4n) is 3.07. The summed E-state index contributed by atoms with van der Waals surface area (Å²) in [6.07, 6.45) is 5.28. The van der Waals surface area contributed by atoms with Crippen LogP contribution in [0.1, 0.15) is 25.0 Å². The number of amides is 1. The molecule has 2 aromatic rings. The van der Waals surface area contributed by atoms with E-state index in [1.54, 1.807) is 38.1 Å². The average molecular weight is 367 g/mol. The van der Waals surface area contributed by atoms with Crippen LogP contribution in [0.15, 0.2) is 77.2 Å². The van der Waals surface area contributed by atoms with Gasteiger partial charge in [0.15, 0.2) is 0 Å². The molecule has 0 radical (unpaired) electrons. The smallest absolute Gasteiger partial charge is 0.267 e. The number of carbonyl (C=O) groups is 1. The fourth-order valence-corrected chi connectivity index (χ4v) is 4.75. The van der Waals surface area contributed by atoms with Gasteiger partial charge in [-0.05, 0) is 44.5 Å². The van der Waals surface area contributed by atoms with Crippen molar-refractivity contribution >= 4 is 22.0 Å². The van der Waals surface area contributed by atoms with E-state index in [9.17, 15) is 13.2 Å². The van der Waals surface area contributed by atoms with Crippen LogP contribution in [0.2, 0.25) is 0 Å². The predicted molar refractivity (Wildman–Crippen MR) is 103 cm³/mol. The maximum atomic E-state index is 13.2. The molecule has 1 heterocycles. The van der Waals surface area contributed by atoms with Gasteiger partial charge in [0.2, 0.25) is 0 Å². The van der Waals surface area contributed by atoms with Crippen LogP contribution in [-0.2, 0) is 14.8 Å². The number of aryl methyl sites for hydroxylation is 1. The molecule has 0 aromatic heterocycles. The predicted octanol–water partition coefficient (Wildman–Crippen LogP) is 3.94. The minimum Gasteiger partial charge on any atom is -0.268 e. The van der Waals surface area contributed by atoms with Gasteiger partial charge in [0, 0.05) is 5.57 Å². The molecule has 4 nitrogen and oxygen atoms in total. The number of carbonyl (C=O) groups excluding carboxylic acids is 1. The lowest BCUT2D eigenvalue weighted by Gasteiger charge is -2.31. The summed E-state index contributed by atoms with van der Waals surface area (Å²) in [5.74, 6) is -0.495. The van der Waals surface area contributed by atoms with Gasteiger partial charge in [-0.15, -0.1) is 0 Å². The molecule has 0 bridgehead atoms. The molecule has 1 amide bonds. The molecular weight excluding hydrogens is 346 g/mol. The zero-order valence-corrected chi connectivity index (χ0v) is 15.8. The second kappa shape index (κ2) is 6.57. The van der Waals surface area contributed by atoms with Crippen molar-refractivity contribution < 1.29 is 13.2 Å². The molecule has 1 aliphatic heterocycles. The van der Waals surface area contributed by atoms with Crippen molar-refractivity contribution in [2.75, 3.05) is 0 Å². The summed E-state index contributed by atoms with van der Waals surface area (Å²) in [6.45, 7) is 5.25. The molecule has 0 saturated carbocycles. The van der Waals surface area contributed by atoms with Crippen LogP contribution in [0.5, 0.6) is 0 Å². The number of benzene rings is 2. The number of rotatable bonds is 4. The van der Waals surface area contributed by atoms with Gasteiger partial charge in [0.1, 0.15) is 0 Å². The average Bonchev–Trinajstić information content (AvgIpc) is 2.84. The molecule has 0 N–H and O–H groups in total. The first-order chi connectivity index (χ1) is 12.2. The Morgan fingerprint density at radius 3 is 2.19 bits per heavy atom. The highest BCUT2D eigenvalue weighted by Gasteiger charge is 2.46. The number of nitrogens with zero attached hydrogens (tertiary/aromatic N) is 1. The zero-order chi connectivity index (χ0) is 18.9. The molecule has 0 aliphatic carbocycles. The van der Waals surface area contributed by atoms with Crippen LogP contribution in [0.3, 0.4) is 0 Å². The van der Waals surface area contributed by atoms with E-state index in [0.717, 1.165) is 15.4 Å². The van der Waals surface area contributed by atoms with E-state index in [1.165, 1.54) is 12.1 Å². The summed E-state index contributed by atoms with van der Waals surface area (Å²) < 4.78 is 27.3. The standard InChI is InChI=1S/C21H21NO3S/c1-16-9-11-19(12-10-16)26(24,25)22-20(23)17(2)15-21(22,3)14-13-18-7-5-4-6-8-18/h4-15H,1-3H3/b14-13+/t21-/m0/s1. The highest BCUT2D eigenvalue weighted by Crippen LogP contribution is 2.35. The Morgan fingerprint density at radius 2 is 1.58 bits per heavy atom. The third-order valence-corrected chi connectivity index (χ3v) is 6.35. The maximum absolute atomic E-state index is 13.2. The third-order valence-electron chi connectivity index (χ3n) is 4.44.